The number of hydrogen-bond acceptors (Lipinski definition) is 4. The van der Waals surface area contributed by atoms with Gasteiger partial charge in [0.15, 0.2) is 0 Å². The van der Waals surface area contributed by atoms with Crippen LogP contribution >= 0.6 is 0 Å². The van der Waals surface area contributed by atoms with Gasteiger partial charge < -0.3 is 19.4 Å². The van der Waals surface area contributed by atoms with Crippen LogP contribution in [0.1, 0.15) is 53.2 Å². The van der Waals surface area contributed by atoms with E-state index < -0.39 is 5.92 Å². The monoisotopic (exact) mass is 433 g/mol. The van der Waals surface area contributed by atoms with Crippen molar-refractivity contribution in [2.75, 3.05) is 39.8 Å². The Balaban J connectivity index is 1.60. The van der Waals surface area contributed by atoms with Crippen LogP contribution in [0.5, 0.6) is 5.75 Å². The minimum atomic E-state index is -0.412. The first-order valence-electron chi connectivity index (χ1n) is 11.7. The Labute approximate surface area is 189 Å². The quantitative estimate of drug-likeness (QED) is 0.726. The number of benzene rings is 2. The van der Waals surface area contributed by atoms with Gasteiger partial charge in [-0.1, -0.05) is 37.3 Å². The molecule has 2 aliphatic heterocycles. The second-order valence-electron chi connectivity index (χ2n) is 8.99. The van der Waals surface area contributed by atoms with Crippen LogP contribution < -0.4 is 4.74 Å². The third kappa shape index (κ3) is 3.66. The highest BCUT2D eigenvalue weighted by Gasteiger charge is 2.50. The fourth-order valence-electron chi connectivity index (χ4n) is 5.23. The SMILES string of the molecule is CCN1CCN(C(=O)[C@H]2c3ccccc3C(=O)N(C3CC3)[C@@H]2c2cccc(OC)c2)CC1. The van der Waals surface area contributed by atoms with Crippen LogP contribution in [0.25, 0.3) is 0 Å². The highest BCUT2D eigenvalue weighted by molar-refractivity contribution is 6.01. The molecule has 0 spiro atoms. The Bertz CT molecular complexity index is 1010. The van der Waals surface area contributed by atoms with Gasteiger partial charge in [0.25, 0.3) is 5.91 Å². The molecule has 2 aromatic rings. The van der Waals surface area contributed by atoms with Gasteiger partial charge in [-0.05, 0) is 48.7 Å². The lowest BCUT2D eigenvalue weighted by atomic mass is 9.78. The molecule has 0 N–H and O–H groups in total. The molecular formula is C26H31N3O3. The standard InChI is InChI=1S/C26H31N3O3/c1-3-27-13-15-28(16-14-27)26(31)23-21-9-4-5-10-22(21)25(30)29(19-11-12-19)24(23)18-7-6-8-20(17-18)32-2/h4-10,17,19,23-24H,3,11-16H2,1-2H3/t23-,24+/m0/s1. The van der Waals surface area contributed by atoms with Crippen LogP contribution in [0.3, 0.4) is 0 Å². The van der Waals surface area contributed by atoms with Gasteiger partial charge in [0.1, 0.15) is 5.75 Å². The number of nitrogens with zero attached hydrogens (tertiary/aromatic N) is 3. The summed E-state index contributed by atoms with van der Waals surface area (Å²) in [4.78, 5) is 34.1. The van der Waals surface area contributed by atoms with E-state index in [9.17, 15) is 9.59 Å². The Morgan fingerprint density at radius 3 is 2.47 bits per heavy atom. The van der Waals surface area contributed by atoms with Gasteiger partial charge in [0.2, 0.25) is 5.91 Å². The minimum absolute atomic E-state index is 0.0378. The number of amides is 2. The van der Waals surface area contributed by atoms with Crippen LogP contribution in [0, 0.1) is 0 Å². The molecule has 2 aromatic carbocycles. The van der Waals surface area contributed by atoms with Crippen molar-refractivity contribution in [3.8, 4) is 5.75 Å². The first-order valence-corrected chi connectivity index (χ1v) is 11.7. The molecule has 6 nitrogen and oxygen atoms in total. The number of likely N-dealkylation sites (N-methyl/N-ethyl adjacent to an activating group) is 1. The maximum atomic E-state index is 14.1. The maximum absolute atomic E-state index is 14.1. The molecule has 6 heteroatoms. The van der Waals surface area contributed by atoms with Gasteiger partial charge in [-0.2, -0.15) is 0 Å². The molecule has 0 bridgehead atoms. The fourth-order valence-corrected chi connectivity index (χ4v) is 5.23. The van der Waals surface area contributed by atoms with Crippen molar-refractivity contribution in [2.45, 2.75) is 37.8 Å². The third-order valence-electron chi connectivity index (χ3n) is 7.15. The zero-order valence-corrected chi connectivity index (χ0v) is 18.9. The number of ether oxygens (including phenoxy) is 1. The van der Waals surface area contributed by atoms with E-state index in [-0.39, 0.29) is 23.9 Å². The van der Waals surface area contributed by atoms with Crippen molar-refractivity contribution in [1.82, 2.24) is 14.7 Å². The summed E-state index contributed by atoms with van der Waals surface area (Å²) in [5, 5.41) is 0. The molecule has 2 fully saturated rings. The Hall–Kier alpha value is -2.86. The van der Waals surface area contributed by atoms with Gasteiger partial charge >= 0.3 is 0 Å². The molecule has 2 amide bonds. The second-order valence-corrected chi connectivity index (χ2v) is 8.99. The van der Waals surface area contributed by atoms with E-state index in [1.54, 1.807) is 7.11 Å². The second kappa shape index (κ2) is 8.58. The molecule has 1 saturated heterocycles. The zero-order valence-electron chi connectivity index (χ0n) is 18.9. The lowest BCUT2D eigenvalue weighted by Gasteiger charge is -2.44. The predicted octanol–water partition coefficient (Wildman–Crippen LogP) is 3.30. The molecule has 3 aliphatic rings. The smallest absolute Gasteiger partial charge is 0.254 e. The van der Waals surface area contributed by atoms with Gasteiger partial charge in [0.05, 0.1) is 19.1 Å². The number of carbonyl (C=O) groups is 2. The van der Waals surface area contributed by atoms with Crippen LogP contribution in [-0.4, -0.2) is 72.4 Å². The van der Waals surface area contributed by atoms with E-state index >= 15 is 0 Å². The summed E-state index contributed by atoms with van der Waals surface area (Å²) in [6, 6.07) is 15.4. The number of hydrogen-bond donors (Lipinski definition) is 0. The fraction of sp³-hybridized carbons (Fsp3) is 0.462. The Morgan fingerprint density at radius 1 is 1.03 bits per heavy atom. The lowest BCUT2D eigenvalue weighted by Crippen LogP contribution is -2.53. The zero-order chi connectivity index (χ0) is 22.2. The molecule has 0 aromatic heterocycles. The van der Waals surface area contributed by atoms with E-state index in [2.05, 4.69) is 11.8 Å². The van der Waals surface area contributed by atoms with E-state index in [1.165, 1.54) is 0 Å². The summed E-state index contributed by atoms with van der Waals surface area (Å²) in [5.41, 5.74) is 2.49. The third-order valence-corrected chi connectivity index (χ3v) is 7.15. The first-order chi connectivity index (χ1) is 15.6. The van der Waals surface area contributed by atoms with E-state index in [0.29, 0.717) is 5.56 Å². The number of fused-ring (bicyclic) bond motifs is 1. The number of piperazine rings is 1. The van der Waals surface area contributed by atoms with Crippen LogP contribution in [0.2, 0.25) is 0 Å². The summed E-state index contributed by atoms with van der Waals surface area (Å²) in [6.07, 6.45) is 1.98. The van der Waals surface area contributed by atoms with E-state index in [4.69, 9.17) is 4.74 Å². The highest BCUT2D eigenvalue weighted by Crippen LogP contribution is 2.48. The summed E-state index contributed by atoms with van der Waals surface area (Å²) in [5.74, 6) is 0.493. The van der Waals surface area contributed by atoms with Gasteiger partial charge in [-0.25, -0.2) is 0 Å². The maximum Gasteiger partial charge on any atom is 0.254 e. The molecule has 168 valence electrons. The van der Waals surface area contributed by atoms with Crippen molar-refractivity contribution >= 4 is 11.8 Å². The largest absolute Gasteiger partial charge is 0.497 e. The highest BCUT2D eigenvalue weighted by atomic mass is 16.5. The average molecular weight is 434 g/mol. The van der Waals surface area contributed by atoms with Crippen molar-refractivity contribution in [3.63, 3.8) is 0 Å². The number of carbonyl (C=O) groups excluding carboxylic acids is 2. The number of rotatable bonds is 5. The first kappa shape index (κ1) is 21.0. The summed E-state index contributed by atoms with van der Waals surface area (Å²) in [7, 11) is 1.65. The molecule has 0 unspecified atom stereocenters. The van der Waals surface area contributed by atoms with Crippen molar-refractivity contribution < 1.29 is 14.3 Å². The average Bonchev–Trinajstić information content (AvgIpc) is 3.69. The van der Waals surface area contributed by atoms with Crippen molar-refractivity contribution in [3.05, 3.63) is 65.2 Å². The van der Waals surface area contributed by atoms with Crippen LogP contribution in [-0.2, 0) is 4.79 Å². The molecule has 2 heterocycles. The Kier molecular flexibility index (Phi) is 5.64. The van der Waals surface area contributed by atoms with Gasteiger partial charge in [-0.3, -0.25) is 9.59 Å². The summed E-state index contributed by atoms with van der Waals surface area (Å²) in [6.45, 7) is 6.41. The van der Waals surface area contributed by atoms with E-state index in [1.807, 2.05) is 58.3 Å². The molecule has 2 atom stereocenters. The van der Waals surface area contributed by atoms with Crippen molar-refractivity contribution in [1.29, 1.82) is 0 Å². The van der Waals surface area contributed by atoms with Crippen LogP contribution in [0.15, 0.2) is 48.5 Å². The van der Waals surface area contributed by atoms with E-state index in [0.717, 1.165) is 62.4 Å². The molecular weight excluding hydrogens is 402 g/mol. The topological polar surface area (TPSA) is 53.1 Å². The molecule has 32 heavy (non-hydrogen) atoms. The summed E-state index contributed by atoms with van der Waals surface area (Å²) < 4.78 is 5.49. The Morgan fingerprint density at radius 2 is 1.78 bits per heavy atom. The predicted molar refractivity (Wildman–Crippen MR) is 123 cm³/mol. The normalized spacial score (nSPS) is 23.8. The number of methoxy groups -OCH3 is 1. The van der Waals surface area contributed by atoms with Crippen LogP contribution in [0.4, 0.5) is 0 Å². The molecule has 0 radical (unpaired) electrons. The van der Waals surface area contributed by atoms with Crippen molar-refractivity contribution in [2.24, 2.45) is 0 Å². The van der Waals surface area contributed by atoms with Gasteiger partial charge in [0, 0.05) is 37.8 Å². The molecule has 1 aliphatic carbocycles. The van der Waals surface area contributed by atoms with Gasteiger partial charge in [-0.15, -0.1) is 0 Å². The molecule has 1 saturated carbocycles. The molecule has 5 rings (SSSR count). The minimum Gasteiger partial charge on any atom is -0.497 e. The summed E-state index contributed by atoms with van der Waals surface area (Å²) >= 11 is 0. The lowest BCUT2D eigenvalue weighted by molar-refractivity contribution is -0.136.